The quantitative estimate of drug-likeness (QED) is 0.798. The molecule has 0 saturated carbocycles. The monoisotopic (exact) mass is 388 g/mol. The summed E-state index contributed by atoms with van der Waals surface area (Å²) in [6, 6.07) is 12.2. The van der Waals surface area contributed by atoms with Crippen LogP contribution in [0.4, 0.5) is 0 Å². The fourth-order valence-corrected chi connectivity index (χ4v) is 4.79. The highest BCUT2D eigenvalue weighted by atomic mass is 32.2. The zero-order valence-electron chi connectivity index (χ0n) is 15.0. The normalized spacial score (nSPS) is 17.0. The molecular formula is C19H20N2O5S. The molecule has 0 bridgehead atoms. The molecule has 7 nitrogen and oxygen atoms in total. The van der Waals surface area contributed by atoms with Gasteiger partial charge in [0.1, 0.15) is 6.04 Å². The van der Waals surface area contributed by atoms with Gasteiger partial charge in [0.25, 0.3) is 0 Å². The van der Waals surface area contributed by atoms with Crippen LogP contribution in [0, 0.1) is 0 Å². The van der Waals surface area contributed by atoms with Crippen molar-refractivity contribution in [1.29, 1.82) is 0 Å². The van der Waals surface area contributed by atoms with Gasteiger partial charge in [-0.2, -0.15) is 4.31 Å². The molecule has 0 radical (unpaired) electrons. The minimum atomic E-state index is -4.01. The zero-order valence-corrected chi connectivity index (χ0v) is 15.8. The Kier molecular flexibility index (Phi) is 5.29. The maximum absolute atomic E-state index is 13.3. The van der Waals surface area contributed by atoms with E-state index < -0.39 is 22.0 Å². The van der Waals surface area contributed by atoms with Crippen molar-refractivity contribution in [1.82, 2.24) is 9.62 Å². The number of carbonyl (C=O) groups excluding carboxylic acids is 2. The van der Waals surface area contributed by atoms with E-state index in [1.807, 2.05) is 24.3 Å². The molecule has 1 heterocycles. The van der Waals surface area contributed by atoms with Crippen molar-refractivity contribution in [3.63, 3.8) is 0 Å². The van der Waals surface area contributed by atoms with Gasteiger partial charge < -0.3 is 10.1 Å². The summed E-state index contributed by atoms with van der Waals surface area (Å²) in [5.41, 5.74) is 1.93. The highest BCUT2D eigenvalue weighted by molar-refractivity contribution is 7.89. The average Bonchev–Trinajstić information content (AvgIpc) is 2.71. The van der Waals surface area contributed by atoms with Crippen LogP contribution in [-0.4, -0.2) is 44.8 Å². The lowest BCUT2D eigenvalue weighted by molar-refractivity contribution is -0.124. The van der Waals surface area contributed by atoms with Crippen LogP contribution < -0.4 is 5.32 Å². The molecule has 0 aliphatic carbocycles. The number of ether oxygens (including phenoxy) is 1. The van der Waals surface area contributed by atoms with Crippen LogP contribution in [0.3, 0.4) is 0 Å². The van der Waals surface area contributed by atoms with E-state index in [-0.39, 0.29) is 29.3 Å². The lowest BCUT2D eigenvalue weighted by atomic mass is 9.95. The van der Waals surface area contributed by atoms with Crippen molar-refractivity contribution in [2.45, 2.75) is 23.9 Å². The van der Waals surface area contributed by atoms with Gasteiger partial charge in [-0.05, 0) is 35.7 Å². The second-order valence-electron chi connectivity index (χ2n) is 6.17. The Hall–Kier alpha value is -2.71. The van der Waals surface area contributed by atoms with E-state index in [1.54, 1.807) is 0 Å². The van der Waals surface area contributed by atoms with Gasteiger partial charge in [0.15, 0.2) is 0 Å². The molecular weight excluding hydrogens is 368 g/mol. The molecule has 2 aromatic rings. The average molecular weight is 388 g/mol. The Labute approximate surface area is 158 Å². The van der Waals surface area contributed by atoms with Crippen molar-refractivity contribution in [2.75, 3.05) is 14.2 Å². The van der Waals surface area contributed by atoms with Crippen molar-refractivity contribution < 1.29 is 22.7 Å². The van der Waals surface area contributed by atoms with E-state index in [1.165, 1.54) is 42.7 Å². The van der Waals surface area contributed by atoms with Gasteiger partial charge in [-0.1, -0.05) is 30.3 Å². The number of hydrogen-bond donors (Lipinski definition) is 1. The fourth-order valence-electron chi connectivity index (χ4n) is 3.18. The van der Waals surface area contributed by atoms with Crippen molar-refractivity contribution >= 4 is 21.9 Å². The summed E-state index contributed by atoms with van der Waals surface area (Å²) in [6.45, 7) is 0.0824. The molecule has 1 N–H and O–H groups in total. The molecule has 0 unspecified atom stereocenters. The van der Waals surface area contributed by atoms with Crippen LogP contribution in [0.2, 0.25) is 0 Å². The van der Waals surface area contributed by atoms with Crippen molar-refractivity contribution in [2.24, 2.45) is 0 Å². The fraction of sp³-hybridized carbons (Fsp3) is 0.263. The van der Waals surface area contributed by atoms with E-state index in [4.69, 9.17) is 0 Å². The Balaban J connectivity index is 2.06. The summed E-state index contributed by atoms with van der Waals surface area (Å²) in [7, 11) is -1.30. The van der Waals surface area contributed by atoms with Gasteiger partial charge in [0.05, 0.1) is 17.6 Å². The highest BCUT2D eigenvalue weighted by Gasteiger charge is 2.39. The number of methoxy groups -OCH3 is 1. The van der Waals surface area contributed by atoms with Crippen LogP contribution in [0.1, 0.15) is 21.5 Å². The predicted octanol–water partition coefficient (Wildman–Crippen LogP) is 1.33. The molecule has 2 aromatic carbocycles. The largest absolute Gasteiger partial charge is 0.465 e. The summed E-state index contributed by atoms with van der Waals surface area (Å²) in [4.78, 5) is 24.1. The number of likely N-dealkylation sites (N-methyl/N-ethyl adjacent to an activating group) is 1. The number of sulfonamides is 1. The molecule has 1 atom stereocenters. The minimum absolute atomic E-state index is 0.0568. The molecule has 27 heavy (non-hydrogen) atoms. The van der Waals surface area contributed by atoms with E-state index >= 15 is 0 Å². The molecule has 1 aliphatic heterocycles. The molecule has 1 amide bonds. The molecule has 0 fully saturated rings. The van der Waals surface area contributed by atoms with Gasteiger partial charge in [0, 0.05) is 13.6 Å². The molecule has 0 aromatic heterocycles. The minimum Gasteiger partial charge on any atom is -0.465 e. The second-order valence-corrected chi connectivity index (χ2v) is 8.06. The number of benzene rings is 2. The molecule has 0 spiro atoms. The highest BCUT2D eigenvalue weighted by Crippen LogP contribution is 2.29. The Morgan fingerprint density at radius 3 is 2.48 bits per heavy atom. The third-order valence-electron chi connectivity index (χ3n) is 4.62. The number of nitrogens with one attached hydrogen (secondary N) is 1. The van der Waals surface area contributed by atoms with E-state index in [9.17, 15) is 18.0 Å². The van der Waals surface area contributed by atoms with Crippen LogP contribution in [-0.2, 0) is 32.5 Å². The third-order valence-corrected chi connectivity index (χ3v) is 6.47. The summed E-state index contributed by atoms with van der Waals surface area (Å²) < 4.78 is 32.4. The number of rotatable bonds is 4. The van der Waals surface area contributed by atoms with Crippen LogP contribution in [0.25, 0.3) is 0 Å². The topological polar surface area (TPSA) is 92.8 Å². The van der Waals surface area contributed by atoms with Gasteiger partial charge >= 0.3 is 5.97 Å². The number of amides is 1. The SMILES string of the molecule is CNC(=O)[C@H]1Cc2ccccc2CN1S(=O)(=O)c1cccc(C(=O)OC)c1. The summed E-state index contributed by atoms with van der Waals surface area (Å²) >= 11 is 0. The smallest absolute Gasteiger partial charge is 0.337 e. The predicted molar refractivity (Wildman–Crippen MR) is 98.5 cm³/mol. The Bertz CT molecular complexity index is 987. The Morgan fingerprint density at radius 2 is 1.81 bits per heavy atom. The first-order valence-corrected chi connectivity index (χ1v) is 9.81. The van der Waals surface area contributed by atoms with Gasteiger partial charge in [-0.25, -0.2) is 13.2 Å². The molecule has 142 valence electrons. The van der Waals surface area contributed by atoms with Crippen molar-refractivity contribution in [3.05, 3.63) is 65.2 Å². The number of hydrogen-bond acceptors (Lipinski definition) is 5. The standard InChI is InChI=1S/C19H20N2O5S/c1-20-18(22)17-11-13-6-3-4-7-15(13)12-21(17)27(24,25)16-9-5-8-14(10-16)19(23)26-2/h3-10,17H,11-12H2,1-2H3,(H,20,22)/t17-/m1/s1. The molecule has 8 heteroatoms. The first kappa shape index (κ1) is 19.1. The maximum Gasteiger partial charge on any atom is 0.337 e. The first-order valence-electron chi connectivity index (χ1n) is 8.37. The van der Waals surface area contributed by atoms with Crippen LogP contribution in [0.5, 0.6) is 0 Å². The van der Waals surface area contributed by atoms with E-state index in [2.05, 4.69) is 10.1 Å². The number of esters is 1. The molecule has 1 aliphatic rings. The molecule has 3 rings (SSSR count). The van der Waals surface area contributed by atoms with Crippen LogP contribution in [0.15, 0.2) is 53.4 Å². The lowest BCUT2D eigenvalue weighted by Gasteiger charge is -2.34. The third kappa shape index (κ3) is 3.58. The first-order chi connectivity index (χ1) is 12.9. The zero-order chi connectivity index (χ0) is 19.6. The molecule has 0 saturated heterocycles. The second kappa shape index (κ2) is 7.50. The van der Waals surface area contributed by atoms with Crippen LogP contribution >= 0.6 is 0 Å². The van der Waals surface area contributed by atoms with Gasteiger partial charge in [-0.3, -0.25) is 4.79 Å². The number of fused-ring (bicyclic) bond motifs is 1. The summed E-state index contributed by atoms with van der Waals surface area (Å²) in [5.74, 6) is -1.00. The summed E-state index contributed by atoms with van der Waals surface area (Å²) in [5, 5.41) is 2.54. The van der Waals surface area contributed by atoms with E-state index in [0.717, 1.165) is 11.1 Å². The summed E-state index contributed by atoms with van der Waals surface area (Å²) in [6.07, 6.45) is 0.284. The number of nitrogens with zero attached hydrogens (tertiary/aromatic N) is 1. The van der Waals surface area contributed by atoms with E-state index in [0.29, 0.717) is 0 Å². The maximum atomic E-state index is 13.3. The van der Waals surface area contributed by atoms with Gasteiger partial charge in [-0.15, -0.1) is 0 Å². The lowest BCUT2D eigenvalue weighted by Crippen LogP contribution is -2.51. The Morgan fingerprint density at radius 1 is 1.11 bits per heavy atom. The van der Waals surface area contributed by atoms with Gasteiger partial charge in [0.2, 0.25) is 15.9 Å². The number of carbonyl (C=O) groups is 2. The van der Waals surface area contributed by atoms with Crippen molar-refractivity contribution in [3.8, 4) is 0 Å².